The van der Waals surface area contributed by atoms with Gasteiger partial charge in [-0.15, -0.1) is 0 Å². The number of piperidine rings is 1. The number of nitrogens with zero attached hydrogens (tertiary/aromatic N) is 6. The summed E-state index contributed by atoms with van der Waals surface area (Å²) < 4.78 is 2.33. The number of hydrogen-bond donors (Lipinski definition) is 0. The van der Waals surface area contributed by atoms with Crippen LogP contribution in [0.3, 0.4) is 0 Å². The lowest BCUT2D eigenvalue weighted by Crippen LogP contribution is -2.33. The molecule has 0 saturated carbocycles. The van der Waals surface area contributed by atoms with Crippen LogP contribution in [0.5, 0.6) is 0 Å². The molecule has 0 radical (unpaired) electrons. The second-order valence-electron chi connectivity index (χ2n) is 8.02. The lowest BCUT2D eigenvalue weighted by molar-refractivity contribution is 0.572. The van der Waals surface area contributed by atoms with E-state index >= 15 is 0 Å². The van der Waals surface area contributed by atoms with E-state index in [-0.39, 0.29) is 0 Å². The van der Waals surface area contributed by atoms with E-state index in [9.17, 15) is 0 Å². The van der Waals surface area contributed by atoms with Crippen LogP contribution >= 0.6 is 0 Å². The molecule has 29 heavy (non-hydrogen) atoms. The first-order chi connectivity index (χ1) is 14.4. The molecule has 1 saturated heterocycles. The summed E-state index contributed by atoms with van der Waals surface area (Å²) in [6.07, 6.45) is 9.62. The van der Waals surface area contributed by atoms with E-state index in [2.05, 4.69) is 60.7 Å². The lowest BCUT2D eigenvalue weighted by atomic mass is 10.1. The molecule has 1 fully saturated rings. The Kier molecular flexibility index (Phi) is 5.15. The number of fused-ring (bicyclic) bond motifs is 1. The van der Waals surface area contributed by atoms with Gasteiger partial charge in [-0.05, 0) is 31.2 Å². The maximum atomic E-state index is 4.72. The van der Waals surface area contributed by atoms with Gasteiger partial charge < -0.3 is 14.4 Å². The first-order valence-electron chi connectivity index (χ1n) is 10.8. The second kappa shape index (κ2) is 8.23. The fourth-order valence-electron chi connectivity index (χ4n) is 4.46. The molecule has 0 atom stereocenters. The third kappa shape index (κ3) is 3.97. The zero-order valence-corrected chi connectivity index (χ0v) is 16.9. The molecule has 0 aliphatic carbocycles. The molecule has 6 nitrogen and oxygen atoms in total. The van der Waals surface area contributed by atoms with Gasteiger partial charge in [0.2, 0.25) is 0 Å². The fraction of sp³-hybridized carbons (Fsp3) is 0.435. The van der Waals surface area contributed by atoms with E-state index in [1.165, 1.54) is 36.2 Å². The molecule has 1 aromatic carbocycles. The smallest absolute Gasteiger partial charge is 0.134 e. The van der Waals surface area contributed by atoms with Crippen molar-refractivity contribution in [2.24, 2.45) is 0 Å². The normalized spacial score (nSPS) is 16.7. The third-order valence-electron chi connectivity index (χ3n) is 6.12. The molecule has 0 N–H and O–H groups in total. The Balaban J connectivity index is 1.27. The molecule has 0 unspecified atom stereocenters. The van der Waals surface area contributed by atoms with Gasteiger partial charge in [-0.3, -0.25) is 0 Å². The summed E-state index contributed by atoms with van der Waals surface area (Å²) in [4.78, 5) is 18.6. The molecule has 6 heteroatoms. The minimum absolute atomic E-state index is 0.824. The summed E-state index contributed by atoms with van der Waals surface area (Å²) in [6, 6.07) is 12.8. The Hall–Kier alpha value is -2.89. The highest BCUT2D eigenvalue weighted by Crippen LogP contribution is 2.26. The summed E-state index contributed by atoms with van der Waals surface area (Å²) in [5.74, 6) is 2.08. The molecular weight excluding hydrogens is 360 g/mol. The Morgan fingerprint density at radius 3 is 2.45 bits per heavy atom. The molecule has 0 spiro atoms. The number of rotatable bonds is 5. The molecule has 0 bridgehead atoms. The molecule has 2 aromatic heterocycles. The van der Waals surface area contributed by atoms with Crippen molar-refractivity contribution in [3.63, 3.8) is 0 Å². The first-order valence-corrected chi connectivity index (χ1v) is 10.8. The lowest BCUT2D eigenvalue weighted by Gasteiger charge is -2.31. The van der Waals surface area contributed by atoms with Crippen LogP contribution in [-0.4, -0.2) is 39.2 Å². The highest BCUT2D eigenvalue weighted by molar-refractivity contribution is 5.51. The van der Waals surface area contributed by atoms with Crippen LogP contribution in [0, 0.1) is 0 Å². The molecule has 3 aromatic rings. The molecule has 150 valence electrons. The number of anilines is 2. The van der Waals surface area contributed by atoms with Crippen LogP contribution in [0.25, 0.3) is 0 Å². The van der Waals surface area contributed by atoms with Gasteiger partial charge in [-0.2, -0.15) is 0 Å². The van der Waals surface area contributed by atoms with Crippen LogP contribution in [-0.2, 0) is 25.9 Å². The van der Waals surface area contributed by atoms with Gasteiger partial charge in [-0.25, -0.2) is 15.0 Å². The predicted molar refractivity (Wildman–Crippen MR) is 115 cm³/mol. The van der Waals surface area contributed by atoms with Gasteiger partial charge in [-0.1, -0.05) is 30.3 Å². The van der Waals surface area contributed by atoms with Crippen molar-refractivity contribution in [1.82, 2.24) is 19.5 Å². The zero-order valence-electron chi connectivity index (χ0n) is 16.9. The van der Waals surface area contributed by atoms with E-state index in [1.54, 1.807) is 6.33 Å². The van der Waals surface area contributed by atoms with Gasteiger partial charge in [0.05, 0.1) is 18.6 Å². The average molecular weight is 389 g/mol. The van der Waals surface area contributed by atoms with Crippen molar-refractivity contribution in [1.29, 1.82) is 0 Å². The van der Waals surface area contributed by atoms with Gasteiger partial charge in [0.1, 0.15) is 18.0 Å². The van der Waals surface area contributed by atoms with Crippen LogP contribution in [0.2, 0.25) is 0 Å². The fourth-order valence-corrected chi connectivity index (χ4v) is 4.46. The van der Waals surface area contributed by atoms with Gasteiger partial charge in [0.15, 0.2) is 0 Å². The van der Waals surface area contributed by atoms with Crippen LogP contribution < -0.4 is 9.80 Å². The summed E-state index contributed by atoms with van der Waals surface area (Å²) >= 11 is 0. The van der Waals surface area contributed by atoms with Gasteiger partial charge >= 0.3 is 0 Å². The van der Waals surface area contributed by atoms with Crippen molar-refractivity contribution in [3.8, 4) is 0 Å². The monoisotopic (exact) mass is 388 g/mol. The zero-order chi connectivity index (χ0) is 19.5. The van der Waals surface area contributed by atoms with E-state index in [4.69, 9.17) is 4.98 Å². The average Bonchev–Trinajstić information content (AvgIpc) is 3.21. The molecular formula is C23H28N6. The van der Waals surface area contributed by atoms with Crippen LogP contribution in [0.15, 0.2) is 49.1 Å². The largest absolute Gasteiger partial charge is 0.356 e. The van der Waals surface area contributed by atoms with Gasteiger partial charge in [0.25, 0.3) is 0 Å². The van der Waals surface area contributed by atoms with Gasteiger partial charge in [0, 0.05) is 44.4 Å². The van der Waals surface area contributed by atoms with E-state index in [0.29, 0.717) is 0 Å². The molecule has 2 aliphatic heterocycles. The maximum Gasteiger partial charge on any atom is 0.134 e. The standard InChI is InChI=1S/C23H28N6/c1-3-7-19(8-4-1)9-13-29-18-26-20-16-28(14-10-21(20)29)23-15-22(24-17-25-23)27-11-5-2-6-12-27/h1,3-4,7-8,15,17-18H,2,5-6,9-14,16H2. The number of benzene rings is 1. The van der Waals surface area contributed by atoms with E-state index < -0.39 is 0 Å². The summed E-state index contributed by atoms with van der Waals surface area (Å²) in [5.41, 5.74) is 3.93. The second-order valence-corrected chi connectivity index (χ2v) is 8.02. The summed E-state index contributed by atoms with van der Waals surface area (Å²) in [5, 5.41) is 0. The highest BCUT2D eigenvalue weighted by Gasteiger charge is 2.23. The number of aromatic nitrogens is 4. The van der Waals surface area contributed by atoms with Crippen molar-refractivity contribution in [3.05, 3.63) is 66.0 Å². The SMILES string of the molecule is c1ccc(CCn2cnc3c2CCN(c2cc(N4CCCCC4)ncn2)C3)cc1. The molecule has 2 aliphatic rings. The Morgan fingerprint density at radius 1 is 0.828 bits per heavy atom. The van der Waals surface area contributed by atoms with E-state index in [0.717, 1.165) is 57.2 Å². The van der Waals surface area contributed by atoms with Crippen molar-refractivity contribution >= 4 is 11.6 Å². The number of hydrogen-bond acceptors (Lipinski definition) is 5. The number of aryl methyl sites for hydroxylation is 2. The molecule has 5 rings (SSSR count). The van der Waals surface area contributed by atoms with Crippen LogP contribution in [0.4, 0.5) is 11.6 Å². The Morgan fingerprint density at radius 2 is 1.62 bits per heavy atom. The minimum atomic E-state index is 0.824. The molecule has 4 heterocycles. The van der Waals surface area contributed by atoms with Crippen molar-refractivity contribution in [2.45, 2.75) is 45.2 Å². The first kappa shape index (κ1) is 18.2. The Bertz CT molecular complexity index is 945. The number of imidazole rings is 1. The summed E-state index contributed by atoms with van der Waals surface area (Å²) in [7, 11) is 0. The summed E-state index contributed by atoms with van der Waals surface area (Å²) in [6.45, 7) is 4.99. The van der Waals surface area contributed by atoms with Crippen molar-refractivity contribution < 1.29 is 0 Å². The van der Waals surface area contributed by atoms with Crippen LogP contribution in [0.1, 0.15) is 36.2 Å². The highest BCUT2D eigenvalue weighted by atomic mass is 15.2. The van der Waals surface area contributed by atoms with E-state index in [1.807, 2.05) is 6.33 Å². The maximum absolute atomic E-state index is 4.72. The molecule has 0 amide bonds. The Labute approximate surface area is 172 Å². The quantitative estimate of drug-likeness (QED) is 0.670. The minimum Gasteiger partial charge on any atom is -0.356 e. The topological polar surface area (TPSA) is 50.1 Å². The third-order valence-corrected chi connectivity index (χ3v) is 6.12. The van der Waals surface area contributed by atoms with Crippen molar-refractivity contribution in [2.75, 3.05) is 29.4 Å². The predicted octanol–water partition coefficient (Wildman–Crippen LogP) is 3.47.